The van der Waals surface area contributed by atoms with E-state index < -0.39 is 12.1 Å². The Morgan fingerprint density at radius 3 is 2.96 bits per heavy atom. The van der Waals surface area contributed by atoms with Crippen LogP contribution < -0.4 is 0 Å². The summed E-state index contributed by atoms with van der Waals surface area (Å²) in [5.41, 5.74) is 0.764. The van der Waals surface area contributed by atoms with Gasteiger partial charge in [-0.05, 0) is 11.6 Å². The van der Waals surface area contributed by atoms with Crippen molar-refractivity contribution in [3.8, 4) is 0 Å². The normalized spacial score (nSPS) is 17.7. The van der Waals surface area contributed by atoms with Crippen LogP contribution >= 0.6 is 11.3 Å². The zero-order chi connectivity index (χ0) is 17.1. The van der Waals surface area contributed by atoms with Crippen molar-refractivity contribution in [2.45, 2.75) is 12.5 Å². The number of carbonyl (C=O) groups excluding carboxylic acids is 1. The van der Waals surface area contributed by atoms with E-state index in [4.69, 9.17) is 9.84 Å². The fourth-order valence-electron chi connectivity index (χ4n) is 2.44. The number of hydrogen-bond donors (Lipinski definition) is 1. The van der Waals surface area contributed by atoms with E-state index >= 15 is 0 Å². The Bertz CT molecular complexity index is 764. The van der Waals surface area contributed by atoms with Crippen LogP contribution in [-0.4, -0.2) is 52.7 Å². The van der Waals surface area contributed by atoms with Crippen molar-refractivity contribution in [3.05, 3.63) is 51.7 Å². The van der Waals surface area contributed by atoms with Crippen molar-refractivity contribution >= 4 is 23.2 Å². The predicted octanol–water partition coefficient (Wildman–Crippen LogP) is 1.80. The van der Waals surface area contributed by atoms with Gasteiger partial charge in [-0.15, -0.1) is 11.3 Å². The van der Waals surface area contributed by atoms with E-state index in [2.05, 4.69) is 4.98 Å². The molecule has 1 aromatic carbocycles. The lowest BCUT2D eigenvalue weighted by molar-refractivity contribution is -0.154. The topological polar surface area (TPSA) is 79.7 Å². The highest BCUT2D eigenvalue weighted by Gasteiger charge is 2.30. The van der Waals surface area contributed by atoms with Gasteiger partial charge in [-0.2, -0.15) is 0 Å². The number of morpholine rings is 1. The van der Waals surface area contributed by atoms with Crippen LogP contribution in [0.1, 0.15) is 21.1 Å². The molecule has 0 aliphatic carbocycles. The minimum absolute atomic E-state index is 0.00561. The molecule has 0 spiro atoms. The Balaban J connectivity index is 1.70. The van der Waals surface area contributed by atoms with Crippen LogP contribution in [0.4, 0.5) is 4.39 Å². The van der Waals surface area contributed by atoms with Gasteiger partial charge in [0.1, 0.15) is 11.5 Å². The first-order chi connectivity index (χ1) is 11.5. The number of aromatic nitrogens is 1. The monoisotopic (exact) mass is 350 g/mol. The summed E-state index contributed by atoms with van der Waals surface area (Å²) < 4.78 is 18.8. The first-order valence-electron chi connectivity index (χ1n) is 7.36. The molecule has 2 heterocycles. The zero-order valence-corrected chi connectivity index (χ0v) is 13.5. The van der Waals surface area contributed by atoms with Crippen LogP contribution in [0.15, 0.2) is 29.6 Å². The van der Waals surface area contributed by atoms with E-state index in [9.17, 15) is 14.0 Å². The van der Waals surface area contributed by atoms with Crippen molar-refractivity contribution in [3.63, 3.8) is 0 Å². The minimum Gasteiger partial charge on any atom is -0.479 e. The Hall–Kier alpha value is -2.32. The number of carboxylic acids is 1. The molecule has 6 nitrogen and oxygen atoms in total. The summed E-state index contributed by atoms with van der Waals surface area (Å²) in [6, 6.07) is 6.43. The highest BCUT2D eigenvalue weighted by atomic mass is 32.1. The summed E-state index contributed by atoms with van der Waals surface area (Å²) in [7, 11) is 0. The number of rotatable bonds is 4. The molecule has 0 bridgehead atoms. The first-order valence-corrected chi connectivity index (χ1v) is 8.24. The summed E-state index contributed by atoms with van der Waals surface area (Å²) in [6.45, 7) is 0.492. The highest BCUT2D eigenvalue weighted by Crippen LogP contribution is 2.19. The lowest BCUT2D eigenvalue weighted by atomic mass is 10.1. The molecule has 1 fully saturated rings. The molecule has 1 aromatic heterocycles. The number of aliphatic carboxylic acids is 1. The van der Waals surface area contributed by atoms with E-state index in [0.717, 1.165) is 0 Å². The van der Waals surface area contributed by atoms with Gasteiger partial charge in [-0.3, -0.25) is 4.79 Å². The number of amides is 1. The summed E-state index contributed by atoms with van der Waals surface area (Å²) in [5, 5.41) is 11.2. The lowest BCUT2D eigenvalue weighted by Crippen LogP contribution is -2.48. The second-order valence-corrected chi connectivity index (χ2v) is 6.29. The van der Waals surface area contributed by atoms with Gasteiger partial charge >= 0.3 is 5.97 Å². The second-order valence-electron chi connectivity index (χ2n) is 5.34. The molecule has 0 saturated carbocycles. The molecule has 0 radical (unpaired) electrons. The molecule has 8 heteroatoms. The zero-order valence-electron chi connectivity index (χ0n) is 12.6. The van der Waals surface area contributed by atoms with Crippen molar-refractivity contribution < 1.29 is 23.8 Å². The van der Waals surface area contributed by atoms with Gasteiger partial charge in [0.05, 0.1) is 18.2 Å². The van der Waals surface area contributed by atoms with Gasteiger partial charge in [-0.1, -0.05) is 18.2 Å². The van der Waals surface area contributed by atoms with Crippen molar-refractivity contribution in [2.24, 2.45) is 0 Å². The molecule has 1 N–H and O–H groups in total. The van der Waals surface area contributed by atoms with E-state index in [0.29, 0.717) is 23.5 Å². The van der Waals surface area contributed by atoms with Crippen molar-refractivity contribution in [1.82, 2.24) is 9.88 Å². The largest absolute Gasteiger partial charge is 0.479 e. The molecule has 1 saturated heterocycles. The standard InChI is InChI=1S/C16H15FN2O4S/c17-11-4-2-1-3-10(11)7-14-18-12(9-24-14)15(20)19-5-6-23-13(8-19)16(21)22/h1-4,9,13H,5-8H2,(H,21,22)/t13-/m1/s1. The molecule has 126 valence electrons. The number of ether oxygens (including phenoxy) is 1. The number of thiazole rings is 1. The minimum atomic E-state index is -1.09. The number of nitrogens with zero attached hydrogens (tertiary/aromatic N) is 2. The fraction of sp³-hybridized carbons (Fsp3) is 0.312. The predicted molar refractivity (Wildman–Crippen MR) is 84.6 cm³/mol. The fourth-order valence-corrected chi connectivity index (χ4v) is 3.23. The molecular weight excluding hydrogens is 335 g/mol. The lowest BCUT2D eigenvalue weighted by Gasteiger charge is -2.30. The van der Waals surface area contributed by atoms with Crippen LogP contribution in [0.3, 0.4) is 0 Å². The maximum absolute atomic E-state index is 13.7. The SMILES string of the molecule is O=C(O)[C@H]1CN(C(=O)c2csc(Cc3ccccc3F)n2)CCO1. The third kappa shape index (κ3) is 3.60. The molecule has 1 amide bonds. The number of carboxylic acid groups (broad SMARTS) is 1. The Labute approximate surface area is 141 Å². The van der Waals surface area contributed by atoms with Gasteiger partial charge in [-0.25, -0.2) is 14.2 Å². The van der Waals surface area contributed by atoms with Gasteiger partial charge in [0.15, 0.2) is 6.10 Å². The van der Waals surface area contributed by atoms with Crippen molar-refractivity contribution in [2.75, 3.05) is 19.7 Å². The van der Waals surface area contributed by atoms with E-state index in [1.165, 1.54) is 22.3 Å². The molecular formula is C16H15FN2O4S. The van der Waals surface area contributed by atoms with Gasteiger partial charge in [0, 0.05) is 18.3 Å². The van der Waals surface area contributed by atoms with E-state index in [-0.39, 0.29) is 30.6 Å². The number of hydrogen-bond acceptors (Lipinski definition) is 5. The van der Waals surface area contributed by atoms with Gasteiger partial charge in [0.2, 0.25) is 0 Å². The molecule has 1 aliphatic heterocycles. The van der Waals surface area contributed by atoms with Gasteiger partial charge in [0.25, 0.3) is 5.91 Å². The average molecular weight is 350 g/mol. The summed E-state index contributed by atoms with van der Waals surface area (Å²) >= 11 is 1.28. The Morgan fingerprint density at radius 1 is 1.42 bits per heavy atom. The van der Waals surface area contributed by atoms with E-state index in [1.54, 1.807) is 23.6 Å². The first kappa shape index (κ1) is 16.5. The van der Waals surface area contributed by atoms with Gasteiger partial charge < -0.3 is 14.7 Å². The van der Waals surface area contributed by atoms with Crippen LogP contribution in [-0.2, 0) is 16.0 Å². The van der Waals surface area contributed by atoms with E-state index in [1.807, 2.05) is 0 Å². The molecule has 2 aromatic rings. The third-order valence-corrected chi connectivity index (χ3v) is 4.55. The second kappa shape index (κ2) is 7.06. The average Bonchev–Trinajstić information content (AvgIpc) is 3.05. The maximum Gasteiger partial charge on any atom is 0.334 e. The summed E-state index contributed by atoms with van der Waals surface area (Å²) in [4.78, 5) is 29.1. The smallest absolute Gasteiger partial charge is 0.334 e. The van der Waals surface area contributed by atoms with Crippen LogP contribution in [0.25, 0.3) is 0 Å². The summed E-state index contributed by atoms with van der Waals surface area (Å²) in [5.74, 6) is -1.73. The van der Waals surface area contributed by atoms with Crippen LogP contribution in [0.2, 0.25) is 0 Å². The Kier molecular flexibility index (Phi) is 4.86. The van der Waals surface area contributed by atoms with Crippen LogP contribution in [0.5, 0.6) is 0 Å². The third-order valence-electron chi connectivity index (χ3n) is 3.70. The van der Waals surface area contributed by atoms with Crippen molar-refractivity contribution in [1.29, 1.82) is 0 Å². The quantitative estimate of drug-likeness (QED) is 0.909. The maximum atomic E-state index is 13.7. The number of benzene rings is 1. The molecule has 1 aliphatic rings. The van der Waals surface area contributed by atoms with Crippen LogP contribution in [0, 0.1) is 5.82 Å². The molecule has 1 atom stereocenters. The molecule has 24 heavy (non-hydrogen) atoms. The highest BCUT2D eigenvalue weighted by molar-refractivity contribution is 7.09. The molecule has 3 rings (SSSR count). The Morgan fingerprint density at radius 2 is 2.21 bits per heavy atom. The number of halogens is 1. The number of carbonyl (C=O) groups is 2. The molecule has 0 unspecified atom stereocenters. The summed E-state index contributed by atoms with van der Waals surface area (Å²) in [6.07, 6.45) is -0.704.